The number of rotatable bonds is 3. The largest absolute Gasteiger partial charge is 0.464 e. The lowest BCUT2D eigenvalue weighted by Crippen LogP contribution is -2.08. The van der Waals surface area contributed by atoms with Gasteiger partial charge in [-0.1, -0.05) is 34.8 Å². The van der Waals surface area contributed by atoms with Crippen molar-refractivity contribution in [1.82, 2.24) is 4.98 Å². The van der Waals surface area contributed by atoms with Crippen molar-refractivity contribution >= 4 is 57.8 Å². The fraction of sp³-hybridized carbons (Fsp3) is 0.0769. The van der Waals surface area contributed by atoms with Gasteiger partial charge >= 0.3 is 11.7 Å². The molecule has 1 aromatic carbocycles. The number of esters is 1. The predicted molar refractivity (Wildman–Crippen MR) is 91.5 cm³/mol. The van der Waals surface area contributed by atoms with Gasteiger partial charge in [0.15, 0.2) is 5.69 Å². The fourth-order valence-corrected chi connectivity index (χ4v) is 2.69. The lowest BCUT2D eigenvalue weighted by atomic mass is 10.1. The predicted octanol–water partition coefficient (Wildman–Crippen LogP) is 3.57. The molecule has 11 heteroatoms. The van der Waals surface area contributed by atoms with Gasteiger partial charge in [0.25, 0.3) is 0 Å². The van der Waals surface area contributed by atoms with Gasteiger partial charge < -0.3 is 16.2 Å². The molecule has 0 aliphatic rings. The highest BCUT2D eigenvalue weighted by Gasteiger charge is 2.25. The summed E-state index contributed by atoms with van der Waals surface area (Å²) in [5, 5.41) is 10.3. The summed E-state index contributed by atoms with van der Waals surface area (Å²) in [5.74, 6) is -0.814. The van der Waals surface area contributed by atoms with Gasteiger partial charge in [-0.05, 0) is 12.1 Å². The van der Waals surface area contributed by atoms with Gasteiger partial charge in [-0.25, -0.2) is 9.78 Å². The third-order valence-electron chi connectivity index (χ3n) is 3.05. The Balaban J connectivity index is 2.76. The summed E-state index contributed by atoms with van der Waals surface area (Å²) in [5.41, 5.74) is 11.0. The van der Waals surface area contributed by atoms with Crippen LogP contribution in [0.2, 0.25) is 15.1 Å². The van der Waals surface area contributed by atoms with Crippen LogP contribution in [0.3, 0.4) is 0 Å². The van der Waals surface area contributed by atoms with Crippen molar-refractivity contribution in [2.45, 2.75) is 0 Å². The van der Waals surface area contributed by atoms with E-state index in [0.717, 1.165) is 7.11 Å². The van der Waals surface area contributed by atoms with E-state index in [1.165, 1.54) is 12.1 Å². The number of nitrogen functional groups attached to an aromatic ring is 2. The first kappa shape index (κ1) is 18.1. The Labute approximate surface area is 150 Å². The maximum Gasteiger partial charge on any atom is 0.358 e. The quantitative estimate of drug-likeness (QED) is 0.353. The van der Waals surface area contributed by atoms with Crippen LogP contribution in [-0.4, -0.2) is 23.0 Å². The molecule has 0 radical (unpaired) electrons. The lowest BCUT2D eigenvalue weighted by Gasteiger charge is -2.12. The van der Waals surface area contributed by atoms with Crippen LogP contribution in [-0.2, 0) is 4.74 Å². The van der Waals surface area contributed by atoms with E-state index < -0.39 is 16.6 Å². The second-order valence-electron chi connectivity index (χ2n) is 4.49. The molecule has 0 fully saturated rings. The van der Waals surface area contributed by atoms with Gasteiger partial charge in [0.1, 0.15) is 10.0 Å². The van der Waals surface area contributed by atoms with E-state index in [4.69, 9.17) is 46.3 Å². The van der Waals surface area contributed by atoms with E-state index in [2.05, 4.69) is 9.72 Å². The van der Waals surface area contributed by atoms with Crippen LogP contribution in [0.25, 0.3) is 11.3 Å². The first-order valence-electron chi connectivity index (χ1n) is 6.15. The number of nitro benzene ring substituents is 1. The molecule has 0 aliphatic heterocycles. The second-order valence-corrected chi connectivity index (χ2v) is 5.65. The highest BCUT2D eigenvalue weighted by Crippen LogP contribution is 2.43. The molecule has 1 aromatic heterocycles. The van der Waals surface area contributed by atoms with Crippen molar-refractivity contribution < 1.29 is 14.5 Å². The third-order valence-corrected chi connectivity index (χ3v) is 4.12. The standard InChI is InChI=1S/C13H9Cl3N4O4/c1-24-13(21)11-8(15)6(17)3-7(19-11)4-2-5(14)12(20(22)23)9(16)10(4)18/h2-3H,18H2,1H3,(H2,17,19). The van der Waals surface area contributed by atoms with Crippen LogP contribution in [0, 0.1) is 10.1 Å². The van der Waals surface area contributed by atoms with Crippen LogP contribution in [0.15, 0.2) is 12.1 Å². The first-order chi connectivity index (χ1) is 11.2. The summed E-state index contributed by atoms with van der Waals surface area (Å²) in [6, 6.07) is 2.54. The zero-order chi connectivity index (χ0) is 18.2. The smallest absolute Gasteiger partial charge is 0.358 e. The van der Waals surface area contributed by atoms with E-state index in [9.17, 15) is 14.9 Å². The molecule has 0 aliphatic carbocycles. The Morgan fingerprint density at radius 3 is 2.42 bits per heavy atom. The molecule has 0 saturated carbocycles. The highest BCUT2D eigenvalue weighted by molar-refractivity contribution is 6.40. The number of anilines is 2. The van der Waals surface area contributed by atoms with Gasteiger partial charge in [0.05, 0.1) is 34.1 Å². The Kier molecular flexibility index (Phi) is 5.02. The van der Waals surface area contributed by atoms with E-state index in [0.29, 0.717) is 0 Å². The summed E-state index contributed by atoms with van der Waals surface area (Å²) >= 11 is 17.7. The van der Waals surface area contributed by atoms with Crippen LogP contribution in [0.4, 0.5) is 17.1 Å². The molecule has 0 bridgehead atoms. The molecule has 24 heavy (non-hydrogen) atoms. The molecule has 0 spiro atoms. The molecule has 126 valence electrons. The zero-order valence-electron chi connectivity index (χ0n) is 12.0. The van der Waals surface area contributed by atoms with Crippen molar-refractivity contribution in [3.05, 3.63) is 43.0 Å². The van der Waals surface area contributed by atoms with Gasteiger partial charge in [-0.2, -0.15) is 0 Å². The SMILES string of the molecule is COC(=O)c1nc(-c2cc(Cl)c([N+](=O)[O-])c(Cl)c2N)cc(N)c1Cl. The van der Waals surface area contributed by atoms with E-state index in [-0.39, 0.29) is 43.4 Å². The minimum atomic E-state index is -0.814. The molecule has 0 atom stereocenters. The summed E-state index contributed by atoms with van der Waals surface area (Å²) in [6.45, 7) is 0. The number of benzene rings is 1. The summed E-state index contributed by atoms with van der Waals surface area (Å²) in [4.78, 5) is 26.0. The van der Waals surface area contributed by atoms with Gasteiger partial charge in [-0.3, -0.25) is 10.1 Å². The number of halogens is 3. The van der Waals surface area contributed by atoms with Gasteiger partial charge in [0, 0.05) is 5.56 Å². The number of nitrogens with zero attached hydrogens (tertiary/aromatic N) is 2. The average Bonchev–Trinajstić information content (AvgIpc) is 2.52. The molecule has 0 unspecified atom stereocenters. The number of carbonyl (C=O) groups is 1. The molecule has 0 saturated heterocycles. The molecule has 1 heterocycles. The van der Waals surface area contributed by atoms with E-state index in [1.54, 1.807) is 0 Å². The number of carbonyl (C=O) groups excluding carboxylic acids is 1. The Morgan fingerprint density at radius 2 is 1.88 bits per heavy atom. The molecular formula is C13H9Cl3N4O4. The Morgan fingerprint density at radius 1 is 1.25 bits per heavy atom. The van der Waals surface area contributed by atoms with E-state index in [1.807, 2.05) is 0 Å². The summed E-state index contributed by atoms with van der Waals surface area (Å²) in [6.07, 6.45) is 0. The number of methoxy groups -OCH3 is 1. The maximum atomic E-state index is 11.7. The van der Waals surface area contributed by atoms with E-state index >= 15 is 0 Å². The normalized spacial score (nSPS) is 10.5. The van der Waals surface area contributed by atoms with Crippen molar-refractivity contribution in [3.8, 4) is 11.3 Å². The van der Waals surface area contributed by atoms with Crippen molar-refractivity contribution in [3.63, 3.8) is 0 Å². The van der Waals surface area contributed by atoms with Crippen LogP contribution < -0.4 is 11.5 Å². The average molecular weight is 392 g/mol. The van der Waals surface area contributed by atoms with Crippen molar-refractivity contribution in [2.24, 2.45) is 0 Å². The van der Waals surface area contributed by atoms with Crippen LogP contribution in [0.5, 0.6) is 0 Å². The van der Waals surface area contributed by atoms with Gasteiger partial charge in [0.2, 0.25) is 0 Å². The summed E-state index contributed by atoms with van der Waals surface area (Å²) < 4.78 is 4.58. The molecule has 8 nitrogen and oxygen atoms in total. The number of nitrogens with two attached hydrogens (primary N) is 2. The lowest BCUT2D eigenvalue weighted by molar-refractivity contribution is -0.384. The van der Waals surface area contributed by atoms with Crippen LogP contribution in [0.1, 0.15) is 10.5 Å². The molecular weight excluding hydrogens is 383 g/mol. The Bertz CT molecular complexity index is 873. The highest BCUT2D eigenvalue weighted by atomic mass is 35.5. The number of aromatic nitrogens is 1. The molecule has 0 amide bonds. The van der Waals surface area contributed by atoms with Crippen molar-refractivity contribution in [1.29, 1.82) is 0 Å². The Hall–Kier alpha value is -2.29. The summed E-state index contributed by atoms with van der Waals surface area (Å²) in [7, 11) is 1.15. The topological polar surface area (TPSA) is 134 Å². The van der Waals surface area contributed by atoms with Gasteiger partial charge in [-0.15, -0.1) is 0 Å². The number of hydrogen-bond acceptors (Lipinski definition) is 7. The van der Waals surface area contributed by atoms with Crippen molar-refractivity contribution in [2.75, 3.05) is 18.6 Å². The fourth-order valence-electron chi connectivity index (χ4n) is 1.92. The first-order valence-corrected chi connectivity index (χ1v) is 7.29. The molecule has 4 N–H and O–H groups in total. The second kappa shape index (κ2) is 6.68. The number of pyridine rings is 1. The zero-order valence-corrected chi connectivity index (χ0v) is 14.2. The molecule has 2 rings (SSSR count). The maximum absolute atomic E-state index is 11.7. The minimum Gasteiger partial charge on any atom is -0.464 e. The van der Waals surface area contributed by atoms with Crippen LogP contribution >= 0.6 is 34.8 Å². The number of hydrogen-bond donors (Lipinski definition) is 2. The number of ether oxygens (including phenoxy) is 1. The third kappa shape index (κ3) is 3.03. The number of nitro groups is 1. The minimum absolute atomic E-state index is 0.0343. The molecule has 2 aromatic rings. The monoisotopic (exact) mass is 390 g/mol.